The van der Waals surface area contributed by atoms with Gasteiger partial charge in [-0.3, -0.25) is 10.1 Å². The fraction of sp³-hybridized carbons (Fsp3) is 0.0800. The van der Waals surface area contributed by atoms with E-state index in [0.29, 0.717) is 10.2 Å². The second-order valence-electron chi connectivity index (χ2n) is 7.06. The molecular formula is C25H19Br2NO7. The number of amides is 2. The van der Waals surface area contributed by atoms with Gasteiger partial charge in [-0.05, 0) is 58.4 Å². The van der Waals surface area contributed by atoms with Gasteiger partial charge < -0.3 is 19.7 Å². The maximum absolute atomic E-state index is 12.7. The molecule has 0 aliphatic rings. The summed E-state index contributed by atoms with van der Waals surface area (Å²) in [6.45, 7) is 0. The van der Waals surface area contributed by atoms with Gasteiger partial charge in [0.2, 0.25) is 0 Å². The van der Waals surface area contributed by atoms with Crippen molar-refractivity contribution >= 4 is 49.8 Å². The monoisotopic (exact) mass is 603 g/mol. The molecule has 0 aromatic heterocycles. The molecule has 0 heterocycles. The lowest BCUT2D eigenvalue weighted by molar-refractivity contribution is -0.131. The summed E-state index contributed by atoms with van der Waals surface area (Å²) in [6.07, 6.45) is -1.66. The molecule has 0 unspecified atom stereocenters. The number of para-hydroxylation sites is 1. The van der Waals surface area contributed by atoms with Crippen molar-refractivity contribution in [2.45, 2.75) is 12.2 Å². The number of phenolic OH excluding ortho intramolecular Hbond substituents is 1. The first-order chi connectivity index (χ1) is 16.7. The first-order valence-corrected chi connectivity index (χ1v) is 11.7. The average molecular weight is 605 g/mol. The summed E-state index contributed by atoms with van der Waals surface area (Å²) < 4.78 is 12.3. The SMILES string of the molecule is O=C(O)/C=C/[C@H](Oc1ccccc1)[C@@H](OC(=O)NC(=O)c1ccccc1)c1cc(Br)cc(Br)c1O. The van der Waals surface area contributed by atoms with Gasteiger partial charge in [0.15, 0.2) is 12.2 Å². The Kier molecular flexibility index (Phi) is 9.04. The third kappa shape index (κ3) is 7.43. The first-order valence-electron chi connectivity index (χ1n) is 10.1. The van der Waals surface area contributed by atoms with Gasteiger partial charge in [-0.1, -0.05) is 52.3 Å². The van der Waals surface area contributed by atoms with E-state index in [1.165, 1.54) is 24.3 Å². The highest BCUT2D eigenvalue weighted by molar-refractivity contribution is 9.11. The number of carbonyl (C=O) groups is 3. The predicted octanol–water partition coefficient (Wildman–Crippen LogP) is 5.61. The number of carboxylic acids is 1. The Morgan fingerprint density at radius 1 is 0.943 bits per heavy atom. The van der Waals surface area contributed by atoms with Gasteiger partial charge in [-0.25, -0.2) is 9.59 Å². The van der Waals surface area contributed by atoms with Crippen molar-refractivity contribution in [2.24, 2.45) is 0 Å². The van der Waals surface area contributed by atoms with E-state index in [1.54, 1.807) is 54.6 Å². The summed E-state index contributed by atoms with van der Waals surface area (Å²) in [5.41, 5.74) is 0.335. The molecule has 0 aliphatic heterocycles. The van der Waals surface area contributed by atoms with E-state index >= 15 is 0 Å². The number of alkyl carbamates (subject to hydrolysis) is 1. The van der Waals surface area contributed by atoms with Crippen LogP contribution in [0, 0.1) is 0 Å². The van der Waals surface area contributed by atoms with Crippen molar-refractivity contribution in [2.75, 3.05) is 0 Å². The molecule has 180 valence electrons. The number of phenols is 1. The van der Waals surface area contributed by atoms with Crippen molar-refractivity contribution in [3.63, 3.8) is 0 Å². The number of benzene rings is 3. The Hall–Kier alpha value is -3.63. The van der Waals surface area contributed by atoms with Crippen LogP contribution in [0.1, 0.15) is 22.0 Å². The zero-order valence-corrected chi connectivity index (χ0v) is 21.1. The average Bonchev–Trinajstić information content (AvgIpc) is 2.84. The van der Waals surface area contributed by atoms with Crippen LogP contribution in [0.15, 0.2) is 93.9 Å². The van der Waals surface area contributed by atoms with Crippen LogP contribution < -0.4 is 10.1 Å². The number of imide groups is 1. The quantitative estimate of drug-likeness (QED) is 0.286. The summed E-state index contributed by atoms with van der Waals surface area (Å²) in [7, 11) is 0. The molecule has 0 spiro atoms. The summed E-state index contributed by atoms with van der Waals surface area (Å²) >= 11 is 6.56. The van der Waals surface area contributed by atoms with Gasteiger partial charge in [0.25, 0.3) is 5.91 Å². The smallest absolute Gasteiger partial charge is 0.414 e. The van der Waals surface area contributed by atoms with E-state index in [2.05, 4.69) is 37.2 Å². The predicted molar refractivity (Wildman–Crippen MR) is 134 cm³/mol. The van der Waals surface area contributed by atoms with Crippen LogP contribution in [0.5, 0.6) is 11.5 Å². The molecule has 0 aliphatic carbocycles. The van der Waals surface area contributed by atoms with Crippen molar-refractivity contribution < 1.29 is 34.1 Å². The lowest BCUT2D eigenvalue weighted by Gasteiger charge is -2.27. The number of ether oxygens (including phenoxy) is 2. The molecule has 35 heavy (non-hydrogen) atoms. The molecule has 3 N–H and O–H groups in total. The highest BCUT2D eigenvalue weighted by Gasteiger charge is 2.31. The Bertz CT molecular complexity index is 1230. The number of aliphatic carboxylic acids is 1. The summed E-state index contributed by atoms with van der Waals surface area (Å²) in [5, 5.41) is 22.0. The third-order valence-electron chi connectivity index (χ3n) is 4.59. The van der Waals surface area contributed by atoms with E-state index in [-0.39, 0.29) is 21.3 Å². The molecule has 0 bridgehead atoms. The summed E-state index contributed by atoms with van der Waals surface area (Å²) in [5.74, 6) is -1.86. The number of hydrogen-bond acceptors (Lipinski definition) is 6. The van der Waals surface area contributed by atoms with Crippen LogP contribution in [0.25, 0.3) is 0 Å². The number of halogens is 2. The number of hydrogen-bond donors (Lipinski definition) is 3. The Balaban J connectivity index is 1.99. The van der Waals surface area contributed by atoms with Crippen LogP contribution in [0.3, 0.4) is 0 Å². The molecule has 2 amide bonds. The molecule has 0 saturated heterocycles. The first kappa shape index (κ1) is 26.0. The molecule has 2 atom stereocenters. The second kappa shape index (κ2) is 12.2. The van der Waals surface area contributed by atoms with Crippen LogP contribution in [0.4, 0.5) is 4.79 Å². The minimum Gasteiger partial charge on any atom is -0.506 e. The van der Waals surface area contributed by atoms with E-state index < -0.39 is 30.2 Å². The van der Waals surface area contributed by atoms with Crippen molar-refractivity contribution in [3.8, 4) is 11.5 Å². The lowest BCUT2D eigenvalue weighted by Crippen LogP contribution is -2.36. The van der Waals surface area contributed by atoms with Crippen LogP contribution in [-0.2, 0) is 9.53 Å². The van der Waals surface area contributed by atoms with Crippen LogP contribution in [0.2, 0.25) is 0 Å². The standard InChI is InChI=1S/C25H19Br2NO7/c26-16-13-18(22(31)19(27)14-16)23(35-25(33)28-24(32)15-7-3-1-4-8-15)20(11-12-21(29)30)34-17-9-5-2-6-10-17/h1-14,20,23,31H,(H,29,30)(H,28,32,33)/b12-11+/t20-,23-/m0/s1. The van der Waals surface area contributed by atoms with E-state index in [1.807, 2.05) is 0 Å². The maximum atomic E-state index is 12.7. The van der Waals surface area contributed by atoms with E-state index in [4.69, 9.17) is 9.47 Å². The van der Waals surface area contributed by atoms with Gasteiger partial charge >= 0.3 is 12.1 Å². The Labute approximate surface area is 217 Å². The molecule has 3 aromatic carbocycles. The van der Waals surface area contributed by atoms with Crippen molar-refractivity contribution in [3.05, 3.63) is 105 Å². The van der Waals surface area contributed by atoms with Gasteiger partial charge in [-0.2, -0.15) is 0 Å². The molecule has 3 rings (SSSR count). The largest absolute Gasteiger partial charge is 0.506 e. The number of rotatable bonds is 8. The Morgan fingerprint density at radius 2 is 1.57 bits per heavy atom. The second-order valence-corrected chi connectivity index (χ2v) is 8.83. The molecular weight excluding hydrogens is 586 g/mol. The van der Waals surface area contributed by atoms with Gasteiger partial charge in [0.05, 0.1) is 4.47 Å². The number of aromatic hydroxyl groups is 1. The molecule has 10 heteroatoms. The maximum Gasteiger partial charge on any atom is 0.414 e. The van der Waals surface area contributed by atoms with Gasteiger partial charge in [-0.15, -0.1) is 0 Å². The normalized spacial score (nSPS) is 12.5. The zero-order chi connectivity index (χ0) is 25.4. The fourth-order valence-electron chi connectivity index (χ4n) is 3.04. The van der Waals surface area contributed by atoms with Crippen molar-refractivity contribution in [1.82, 2.24) is 5.32 Å². The Morgan fingerprint density at radius 3 is 2.20 bits per heavy atom. The summed E-state index contributed by atoms with van der Waals surface area (Å²) in [6, 6.07) is 19.6. The third-order valence-corrected chi connectivity index (χ3v) is 5.65. The molecule has 0 saturated carbocycles. The molecule has 3 aromatic rings. The van der Waals surface area contributed by atoms with Crippen molar-refractivity contribution in [1.29, 1.82) is 0 Å². The highest BCUT2D eigenvalue weighted by Crippen LogP contribution is 2.39. The van der Waals surface area contributed by atoms with Gasteiger partial charge in [0.1, 0.15) is 11.5 Å². The van der Waals surface area contributed by atoms with E-state index in [9.17, 15) is 24.6 Å². The van der Waals surface area contributed by atoms with Gasteiger partial charge in [0, 0.05) is 21.7 Å². The number of carboxylic acid groups (broad SMARTS) is 1. The number of nitrogens with one attached hydrogen (secondary N) is 1. The number of carbonyl (C=O) groups excluding carboxylic acids is 2. The van der Waals surface area contributed by atoms with Crippen LogP contribution in [-0.4, -0.2) is 34.3 Å². The molecule has 0 fully saturated rings. The van der Waals surface area contributed by atoms with Crippen LogP contribution >= 0.6 is 31.9 Å². The lowest BCUT2D eigenvalue weighted by atomic mass is 10.0. The molecule has 0 radical (unpaired) electrons. The minimum absolute atomic E-state index is 0.101. The topological polar surface area (TPSA) is 122 Å². The van der Waals surface area contributed by atoms with E-state index in [0.717, 1.165) is 6.08 Å². The highest BCUT2D eigenvalue weighted by atomic mass is 79.9. The molecule has 8 nitrogen and oxygen atoms in total. The fourth-order valence-corrected chi connectivity index (χ4v) is 4.30. The minimum atomic E-state index is -1.36. The zero-order valence-electron chi connectivity index (χ0n) is 17.9. The summed E-state index contributed by atoms with van der Waals surface area (Å²) in [4.78, 5) is 36.4.